The average Bonchev–Trinajstić information content (AvgIpc) is 3.14. The Morgan fingerprint density at radius 2 is 1.92 bits per heavy atom. The minimum atomic E-state index is 0. The molecule has 1 aromatic carbocycles. The number of nitrogens with one attached hydrogen (secondary N) is 2. The highest BCUT2D eigenvalue weighted by molar-refractivity contribution is 14.0. The van der Waals surface area contributed by atoms with E-state index in [1.807, 2.05) is 30.0 Å². The number of aliphatic imine (C=N–C) groups is 1. The van der Waals surface area contributed by atoms with Crippen molar-refractivity contribution in [3.63, 3.8) is 0 Å². The number of nitrogens with zero attached hydrogens (tertiary/aromatic N) is 1. The molecule has 2 N–H and O–H groups in total. The maximum atomic E-state index is 5.54. The molecule has 0 aliphatic rings. The molecule has 0 aliphatic carbocycles. The molecule has 0 unspecified atom stereocenters. The molecular weight excluding hydrogens is 449 g/mol. The maximum Gasteiger partial charge on any atom is 0.191 e. The van der Waals surface area contributed by atoms with E-state index in [0.29, 0.717) is 13.2 Å². The summed E-state index contributed by atoms with van der Waals surface area (Å²) in [5.74, 6) is 2.68. The number of hydrogen-bond acceptors (Lipinski definition) is 4. The van der Waals surface area contributed by atoms with Gasteiger partial charge >= 0.3 is 0 Å². The first-order chi connectivity index (χ1) is 11.9. The van der Waals surface area contributed by atoms with Gasteiger partial charge in [0.25, 0.3) is 0 Å². The summed E-state index contributed by atoms with van der Waals surface area (Å²) >= 11 is 1.83. The van der Waals surface area contributed by atoms with Crippen LogP contribution in [0.2, 0.25) is 0 Å². The summed E-state index contributed by atoms with van der Waals surface area (Å²) in [5.41, 5.74) is 0. The molecule has 7 heteroatoms. The fraction of sp³-hybridized carbons (Fsp3) is 0.389. The summed E-state index contributed by atoms with van der Waals surface area (Å²) in [6, 6.07) is 14.2. The van der Waals surface area contributed by atoms with E-state index in [9.17, 15) is 0 Å². The first-order valence-corrected chi connectivity index (χ1v) is 9.09. The largest absolute Gasteiger partial charge is 0.467 e. The lowest BCUT2D eigenvalue weighted by molar-refractivity contribution is 0.105. The van der Waals surface area contributed by atoms with Gasteiger partial charge in [-0.3, -0.25) is 4.99 Å². The Labute approximate surface area is 171 Å². The van der Waals surface area contributed by atoms with Crippen molar-refractivity contribution < 1.29 is 9.15 Å². The van der Waals surface area contributed by atoms with Gasteiger partial charge in [-0.05, 0) is 30.7 Å². The Bertz CT molecular complexity index is 579. The predicted molar refractivity (Wildman–Crippen MR) is 115 cm³/mol. The third-order valence-corrected chi connectivity index (χ3v) is 4.23. The number of ether oxygens (including phenoxy) is 1. The Hall–Kier alpha value is -1.19. The first-order valence-electron chi connectivity index (χ1n) is 8.11. The topological polar surface area (TPSA) is 58.8 Å². The Morgan fingerprint density at radius 1 is 1.12 bits per heavy atom. The normalized spacial score (nSPS) is 11.0. The zero-order valence-electron chi connectivity index (χ0n) is 14.4. The molecule has 5 nitrogen and oxygen atoms in total. The van der Waals surface area contributed by atoms with Crippen molar-refractivity contribution in [1.29, 1.82) is 0 Å². The summed E-state index contributed by atoms with van der Waals surface area (Å²) in [6.45, 7) is 2.91. The first kappa shape index (κ1) is 21.9. The Morgan fingerprint density at radius 3 is 2.64 bits per heavy atom. The predicted octanol–water partition coefficient (Wildman–Crippen LogP) is 3.76. The van der Waals surface area contributed by atoms with Crippen LogP contribution in [0.15, 0.2) is 63.0 Å². The number of hydrogen-bond donors (Lipinski definition) is 2. The monoisotopic (exact) mass is 475 g/mol. The van der Waals surface area contributed by atoms with Crippen molar-refractivity contribution in [1.82, 2.24) is 10.6 Å². The standard InChI is InChI=1S/C18H25N3O2S.HI/c1-19-18(21-11-14-24-17-8-3-2-4-9-17)20-10-6-12-22-15-16-7-5-13-23-16;/h2-5,7-9,13H,6,10-12,14-15H2,1H3,(H2,19,20,21);1H. The van der Waals surface area contributed by atoms with Gasteiger partial charge in [0, 0.05) is 37.4 Å². The second-order valence-corrected chi connectivity index (χ2v) is 6.24. The summed E-state index contributed by atoms with van der Waals surface area (Å²) < 4.78 is 10.8. The molecule has 0 amide bonds. The number of rotatable bonds is 10. The third kappa shape index (κ3) is 9.76. The summed E-state index contributed by atoms with van der Waals surface area (Å²) in [4.78, 5) is 5.51. The van der Waals surface area contributed by atoms with Crippen molar-refractivity contribution in [3.8, 4) is 0 Å². The molecule has 0 saturated carbocycles. The third-order valence-electron chi connectivity index (χ3n) is 3.21. The quantitative estimate of drug-likeness (QED) is 0.180. The fourth-order valence-electron chi connectivity index (χ4n) is 2.02. The van der Waals surface area contributed by atoms with Crippen LogP contribution in [-0.4, -0.2) is 38.5 Å². The van der Waals surface area contributed by atoms with Gasteiger partial charge in [0.15, 0.2) is 5.96 Å². The van der Waals surface area contributed by atoms with E-state index in [2.05, 4.69) is 39.9 Å². The van der Waals surface area contributed by atoms with Gasteiger partial charge in [0.1, 0.15) is 12.4 Å². The van der Waals surface area contributed by atoms with Gasteiger partial charge in [-0.15, -0.1) is 35.7 Å². The lowest BCUT2D eigenvalue weighted by atomic mass is 10.4. The summed E-state index contributed by atoms with van der Waals surface area (Å²) in [6.07, 6.45) is 2.58. The SMILES string of the molecule is CN=C(NCCCOCc1ccco1)NCCSc1ccccc1.I. The minimum absolute atomic E-state index is 0. The summed E-state index contributed by atoms with van der Waals surface area (Å²) in [7, 11) is 1.78. The fourth-order valence-corrected chi connectivity index (χ4v) is 2.81. The molecule has 0 bridgehead atoms. The molecule has 0 atom stereocenters. The van der Waals surface area contributed by atoms with Crippen molar-refractivity contribution in [2.45, 2.75) is 17.9 Å². The highest BCUT2D eigenvalue weighted by atomic mass is 127. The minimum Gasteiger partial charge on any atom is -0.467 e. The van der Waals surface area contributed by atoms with Crippen molar-refractivity contribution >= 4 is 41.7 Å². The molecule has 2 aromatic rings. The molecule has 1 aromatic heterocycles. The van der Waals surface area contributed by atoms with Crippen LogP contribution in [0.3, 0.4) is 0 Å². The second-order valence-electron chi connectivity index (χ2n) is 5.07. The van der Waals surface area contributed by atoms with E-state index in [1.54, 1.807) is 13.3 Å². The van der Waals surface area contributed by atoms with Crippen LogP contribution in [0, 0.1) is 0 Å². The van der Waals surface area contributed by atoms with Gasteiger partial charge in [-0.25, -0.2) is 0 Å². The molecule has 0 saturated heterocycles. The van der Waals surface area contributed by atoms with Crippen LogP contribution in [0.5, 0.6) is 0 Å². The van der Waals surface area contributed by atoms with Gasteiger partial charge < -0.3 is 19.8 Å². The molecule has 2 rings (SSSR count). The molecule has 0 spiro atoms. The van der Waals surface area contributed by atoms with Crippen molar-refractivity contribution in [2.24, 2.45) is 4.99 Å². The smallest absolute Gasteiger partial charge is 0.191 e. The molecule has 0 radical (unpaired) electrons. The number of halogens is 1. The number of thioether (sulfide) groups is 1. The maximum absolute atomic E-state index is 5.54. The van der Waals surface area contributed by atoms with Gasteiger partial charge in [0.2, 0.25) is 0 Å². The molecule has 25 heavy (non-hydrogen) atoms. The van der Waals surface area contributed by atoms with Crippen LogP contribution in [0.1, 0.15) is 12.2 Å². The van der Waals surface area contributed by atoms with E-state index in [-0.39, 0.29) is 24.0 Å². The van der Waals surface area contributed by atoms with Gasteiger partial charge in [-0.1, -0.05) is 18.2 Å². The molecule has 1 heterocycles. The van der Waals surface area contributed by atoms with E-state index in [1.165, 1.54) is 4.90 Å². The molecule has 138 valence electrons. The Balaban J connectivity index is 0.00000312. The number of furan rings is 1. The van der Waals surface area contributed by atoms with Crippen LogP contribution in [0.4, 0.5) is 0 Å². The molecule has 0 aliphatic heterocycles. The van der Waals surface area contributed by atoms with E-state index >= 15 is 0 Å². The van der Waals surface area contributed by atoms with Gasteiger partial charge in [0.05, 0.1) is 6.26 Å². The van der Waals surface area contributed by atoms with Crippen molar-refractivity contribution in [3.05, 3.63) is 54.5 Å². The van der Waals surface area contributed by atoms with Crippen LogP contribution in [0.25, 0.3) is 0 Å². The van der Waals surface area contributed by atoms with Crippen LogP contribution < -0.4 is 10.6 Å². The zero-order valence-corrected chi connectivity index (χ0v) is 17.6. The lowest BCUT2D eigenvalue weighted by Gasteiger charge is -2.11. The van der Waals surface area contributed by atoms with Crippen LogP contribution in [-0.2, 0) is 11.3 Å². The number of guanidine groups is 1. The Kier molecular flexibility index (Phi) is 12.3. The molecular formula is C18H26IN3O2S. The van der Waals surface area contributed by atoms with Crippen molar-refractivity contribution in [2.75, 3.05) is 32.5 Å². The average molecular weight is 475 g/mol. The van der Waals surface area contributed by atoms with Gasteiger partial charge in [-0.2, -0.15) is 0 Å². The lowest BCUT2D eigenvalue weighted by Crippen LogP contribution is -2.39. The highest BCUT2D eigenvalue weighted by Crippen LogP contribution is 2.15. The van der Waals surface area contributed by atoms with E-state index in [0.717, 1.165) is 37.0 Å². The molecule has 0 fully saturated rings. The highest BCUT2D eigenvalue weighted by Gasteiger charge is 1.99. The van der Waals surface area contributed by atoms with E-state index < -0.39 is 0 Å². The van der Waals surface area contributed by atoms with Crippen LogP contribution >= 0.6 is 35.7 Å². The second kappa shape index (κ2) is 14.0. The van der Waals surface area contributed by atoms with E-state index in [4.69, 9.17) is 9.15 Å². The summed E-state index contributed by atoms with van der Waals surface area (Å²) in [5, 5.41) is 6.60. The zero-order chi connectivity index (χ0) is 16.9. The number of benzene rings is 1.